The molecule has 206 valence electrons. The lowest BCUT2D eigenvalue weighted by atomic mass is 9.87. The highest BCUT2D eigenvalue weighted by Crippen LogP contribution is 2.39. The van der Waals surface area contributed by atoms with Crippen LogP contribution >= 0.6 is 0 Å². The number of hydrogen-bond donors (Lipinski definition) is 2. The molecular weight excluding hydrogens is 502 g/mol. The molecule has 2 heterocycles. The first-order chi connectivity index (χ1) is 19.1. The number of nitrogens with one attached hydrogen (secondary N) is 2. The molecule has 0 spiro atoms. The van der Waals surface area contributed by atoms with Crippen molar-refractivity contribution in [1.29, 1.82) is 0 Å². The Morgan fingerprint density at radius 3 is 2.50 bits per heavy atom. The van der Waals surface area contributed by atoms with E-state index in [4.69, 9.17) is 9.47 Å². The maximum Gasteiger partial charge on any atom is 0.255 e. The first-order valence-corrected chi connectivity index (χ1v) is 13.3. The minimum absolute atomic E-state index is 0.0969. The van der Waals surface area contributed by atoms with Gasteiger partial charge in [-0.25, -0.2) is 4.68 Å². The molecule has 0 saturated carbocycles. The van der Waals surface area contributed by atoms with Crippen molar-refractivity contribution >= 4 is 17.5 Å². The molecule has 5 rings (SSSR count). The van der Waals surface area contributed by atoms with Crippen LogP contribution in [0.5, 0.6) is 11.5 Å². The molecule has 3 aromatic carbocycles. The van der Waals surface area contributed by atoms with Crippen molar-refractivity contribution in [2.75, 3.05) is 17.7 Å². The standard InChI is InChI=1S/C32H35N5O3/c1-20-8-7-9-25(16-20)36-30(38)28-21(2)35-31-33-19-34-37(31)29(28)23-12-15-26(27(17-23)39-6)40-18-22-10-13-24(14-11-22)32(3,4)5/h7-17,19,29H,18H2,1-6H3,(H,36,38)(H,33,34,35). The molecule has 0 fully saturated rings. The predicted molar refractivity (Wildman–Crippen MR) is 157 cm³/mol. The quantitative estimate of drug-likeness (QED) is 0.284. The second-order valence-corrected chi connectivity index (χ2v) is 11.1. The molecule has 4 aromatic rings. The lowest BCUT2D eigenvalue weighted by molar-refractivity contribution is -0.113. The van der Waals surface area contributed by atoms with E-state index in [1.807, 2.05) is 56.3 Å². The molecule has 2 N–H and O–H groups in total. The number of methoxy groups -OCH3 is 1. The van der Waals surface area contributed by atoms with E-state index in [1.54, 1.807) is 11.8 Å². The van der Waals surface area contributed by atoms with Crippen LogP contribution in [0.3, 0.4) is 0 Å². The molecule has 0 aliphatic carbocycles. The number of ether oxygens (including phenoxy) is 2. The number of benzene rings is 3. The maximum absolute atomic E-state index is 13.6. The summed E-state index contributed by atoms with van der Waals surface area (Å²) in [6.45, 7) is 10.9. The summed E-state index contributed by atoms with van der Waals surface area (Å²) in [5.41, 5.74) is 6.29. The average Bonchev–Trinajstić information content (AvgIpc) is 3.39. The molecule has 1 aliphatic heterocycles. The van der Waals surface area contributed by atoms with E-state index in [1.165, 1.54) is 11.9 Å². The number of fused-ring (bicyclic) bond motifs is 1. The molecule has 8 nitrogen and oxygen atoms in total. The third-order valence-electron chi connectivity index (χ3n) is 7.03. The topological polar surface area (TPSA) is 90.3 Å². The second-order valence-electron chi connectivity index (χ2n) is 11.1. The SMILES string of the molecule is COc1cc(C2C(C(=O)Nc3cccc(C)c3)=C(C)Nc3ncnn32)ccc1OCc1ccc(C(C)(C)C)cc1. The fourth-order valence-electron chi connectivity index (χ4n) is 4.85. The monoisotopic (exact) mass is 537 g/mol. The molecule has 0 bridgehead atoms. The molecule has 1 amide bonds. The normalized spacial score (nSPS) is 14.8. The third-order valence-corrected chi connectivity index (χ3v) is 7.03. The zero-order valence-corrected chi connectivity index (χ0v) is 23.8. The predicted octanol–water partition coefficient (Wildman–Crippen LogP) is 6.40. The van der Waals surface area contributed by atoms with Gasteiger partial charge in [-0.1, -0.05) is 63.2 Å². The molecule has 8 heteroatoms. The first-order valence-electron chi connectivity index (χ1n) is 13.3. The van der Waals surface area contributed by atoms with Crippen molar-refractivity contribution in [2.24, 2.45) is 0 Å². The molecule has 1 aromatic heterocycles. The summed E-state index contributed by atoms with van der Waals surface area (Å²) in [4.78, 5) is 18.0. The minimum Gasteiger partial charge on any atom is -0.493 e. The van der Waals surface area contributed by atoms with Crippen molar-refractivity contribution in [3.63, 3.8) is 0 Å². The number of nitrogens with zero attached hydrogens (tertiary/aromatic N) is 3. The summed E-state index contributed by atoms with van der Waals surface area (Å²) in [7, 11) is 1.61. The van der Waals surface area contributed by atoms with Gasteiger partial charge in [0.25, 0.3) is 5.91 Å². The van der Waals surface area contributed by atoms with Gasteiger partial charge in [0.1, 0.15) is 19.0 Å². The first kappa shape index (κ1) is 27.0. The van der Waals surface area contributed by atoms with Gasteiger partial charge in [0.2, 0.25) is 5.95 Å². The molecule has 1 aliphatic rings. The average molecular weight is 538 g/mol. The van der Waals surface area contributed by atoms with E-state index in [0.29, 0.717) is 35.3 Å². The fraction of sp³-hybridized carbons (Fsp3) is 0.281. The van der Waals surface area contributed by atoms with Crippen LogP contribution in [0.2, 0.25) is 0 Å². The number of carbonyl (C=O) groups excluding carboxylic acids is 1. The van der Waals surface area contributed by atoms with Gasteiger partial charge >= 0.3 is 0 Å². The molecule has 0 radical (unpaired) electrons. The van der Waals surface area contributed by atoms with Crippen LogP contribution in [0.15, 0.2) is 84.3 Å². The number of anilines is 2. The van der Waals surface area contributed by atoms with Gasteiger partial charge in [-0.3, -0.25) is 4.79 Å². The summed E-state index contributed by atoms with van der Waals surface area (Å²) in [5.74, 6) is 1.53. The van der Waals surface area contributed by atoms with Crippen molar-refractivity contribution in [3.05, 3.63) is 107 Å². The molecule has 0 saturated heterocycles. The number of aromatic nitrogens is 3. The summed E-state index contributed by atoms with van der Waals surface area (Å²) < 4.78 is 13.6. The molecule has 1 unspecified atom stereocenters. The Morgan fingerprint density at radius 1 is 1.02 bits per heavy atom. The summed E-state index contributed by atoms with van der Waals surface area (Å²) in [5, 5.41) is 10.7. The van der Waals surface area contributed by atoms with Crippen LogP contribution in [0.25, 0.3) is 0 Å². The zero-order valence-electron chi connectivity index (χ0n) is 23.8. The largest absolute Gasteiger partial charge is 0.493 e. The van der Waals surface area contributed by atoms with Gasteiger partial charge in [-0.2, -0.15) is 10.1 Å². The summed E-state index contributed by atoms with van der Waals surface area (Å²) in [6.07, 6.45) is 1.48. The Morgan fingerprint density at radius 2 is 1.80 bits per heavy atom. The number of rotatable bonds is 7. The molecule has 1 atom stereocenters. The fourth-order valence-corrected chi connectivity index (χ4v) is 4.85. The highest BCUT2D eigenvalue weighted by atomic mass is 16.5. The van der Waals surface area contributed by atoms with Gasteiger partial charge in [0.15, 0.2) is 11.5 Å². The van der Waals surface area contributed by atoms with Gasteiger partial charge in [-0.15, -0.1) is 0 Å². The van der Waals surface area contributed by atoms with E-state index in [-0.39, 0.29) is 11.3 Å². The summed E-state index contributed by atoms with van der Waals surface area (Å²) >= 11 is 0. The van der Waals surface area contributed by atoms with Gasteiger partial charge in [-0.05, 0) is 65.8 Å². The Hall–Kier alpha value is -4.59. The smallest absolute Gasteiger partial charge is 0.255 e. The highest BCUT2D eigenvalue weighted by molar-refractivity contribution is 6.06. The zero-order chi connectivity index (χ0) is 28.4. The van der Waals surface area contributed by atoms with Gasteiger partial charge in [0.05, 0.1) is 12.7 Å². The molecular formula is C32H35N5O3. The van der Waals surface area contributed by atoms with Crippen LogP contribution in [0.4, 0.5) is 11.6 Å². The molecule has 40 heavy (non-hydrogen) atoms. The van der Waals surface area contributed by atoms with E-state index in [0.717, 1.165) is 22.4 Å². The van der Waals surface area contributed by atoms with Crippen LogP contribution < -0.4 is 20.1 Å². The maximum atomic E-state index is 13.6. The van der Waals surface area contributed by atoms with Crippen LogP contribution in [-0.2, 0) is 16.8 Å². The number of aryl methyl sites for hydroxylation is 1. The van der Waals surface area contributed by atoms with E-state index in [2.05, 4.69) is 65.8 Å². The van der Waals surface area contributed by atoms with Crippen molar-refractivity contribution in [1.82, 2.24) is 14.8 Å². The highest BCUT2D eigenvalue weighted by Gasteiger charge is 2.34. The van der Waals surface area contributed by atoms with E-state index >= 15 is 0 Å². The lowest BCUT2D eigenvalue weighted by Gasteiger charge is -2.29. The third kappa shape index (κ3) is 5.57. The minimum atomic E-state index is -0.517. The van der Waals surface area contributed by atoms with Gasteiger partial charge < -0.3 is 20.1 Å². The number of allylic oxidation sites excluding steroid dienone is 1. The van der Waals surface area contributed by atoms with Crippen LogP contribution in [0.1, 0.15) is 56.0 Å². The Labute approximate surface area is 235 Å². The lowest BCUT2D eigenvalue weighted by Crippen LogP contribution is -2.31. The van der Waals surface area contributed by atoms with Crippen molar-refractivity contribution < 1.29 is 14.3 Å². The number of carbonyl (C=O) groups is 1. The summed E-state index contributed by atoms with van der Waals surface area (Å²) in [6, 6.07) is 21.4. The van der Waals surface area contributed by atoms with Crippen molar-refractivity contribution in [2.45, 2.75) is 52.7 Å². The number of amides is 1. The Kier molecular flexibility index (Phi) is 7.34. The number of hydrogen-bond acceptors (Lipinski definition) is 6. The Balaban J connectivity index is 1.43. The second kappa shape index (κ2) is 10.9. The van der Waals surface area contributed by atoms with Crippen LogP contribution in [-0.4, -0.2) is 27.8 Å². The van der Waals surface area contributed by atoms with E-state index in [9.17, 15) is 4.79 Å². The van der Waals surface area contributed by atoms with Crippen molar-refractivity contribution in [3.8, 4) is 11.5 Å². The van der Waals surface area contributed by atoms with Crippen LogP contribution in [0, 0.1) is 6.92 Å². The van der Waals surface area contributed by atoms with Gasteiger partial charge in [0, 0.05) is 11.4 Å². The Bertz CT molecular complexity index is 1560. The van der Waals surface area contributed by atoms with E-state index < -0.39 is 6.04 Å².